The summed E-state index contributed by atoms with van der Waals surface area (Å²) in [4.78, 5) is 2.52. The number of fused-ring (bicyclic) bond motifs is 1. The number of rotatable bonds is 3. The summed E-state index contributed by atoms with van der Waals surface area (Å²) in [6, 6.07) is 6.73. The first-order chi connectivity index (χ1) is 9.72. The molecule has 20 heavy (non-hydrogen) atoms. The maximum Gasteiger partial charge on any atom is 0.200 e. The van der Waals surface area contributed by atoms with Crippen LogP contribution in [-0.4, -0.2) is 39.2 Å². The molecule has 0 amide bonds. The zero-order valence-corrected chi connectivity index (χ0v) is 12.4. The van der Waals surface area contributed by atoms with Crippen LogP contribution >= 0.6 is 0 Å². The molecule has 0 aliphatic carbocycles. The second kappa shape index (κ2) is 5.40. The van der Waals surface area contributed by atoms with Crippen LogP contribution in [0.5, 0.6) is 5.88 Å². The number of hydrogen-bond donors (Lipinski definition) is 0. The Bertz CT molecular complexity index is 593. The predicted molar refractivity (Wildman–Crippen MR) is 78.0 cm³/mol. The second-order valence-electron chi connectivity index (χ2n) is 5.66. The number of hydrogen-bond acceptors (Lipinski definition) is 4. The van der Waals surface area contributed by atoms with Gasteiger partial charge in [-0.2, -0.15) is 0 Å². The number of nitrogens with zero attached hydrogens (tertiary/aromatic N) is 4. The molecule has 0 spiro atoms. The van der Waals surface area contributed by atoms with Gasteiger partial charge < -0.3 is 4.74 Å². The van der Waals surface area contributed by atoms with Crippen molar-refractivity contribution in [3.8, 4) is 5.88 Å². The van der Waals surface area contributed by atoms with Crippen LogP contribution in [0.3, 0.4) is 0 Å². The molecular weight excluding hydrogens is 252 g/mol. The van der Waals surface area contributed by atoms with Crippen LogP contribution in [0.1, 0.15) is 45.0 Å². The molecule has 2 aromatic rings. The molecule has 0 radical (unpaired) electrons. The van der Waals surface area contributed by atoms with Crippen LogP contribution in [0.2, 0.25) is 0 Å². The summed E-state index contributed by atoms with van der Waals surface area (Å²) < 4.78 is 7.52. The van der Waals surface area contributed by atoms with Crippen LogP contribution in [0.15, 0.2) is 18.2 Å². The monoisotopic (exact) mass is 274 g/mol. The number of ether oxygens (including phenoxy) is 1. The highest BCUT2D eigenvalue weighted by atomic mass is 16.5. The molecule has 1 unspecified atom stereocenters. The lowest BCUT2D eigenvalue weighted by Gasteiger charge is -2.37. The second-order valence-corrected chi connectivity index (χ2v) is 5.66. The Morgan fingerprint density at radius 3 is 2.85 bits per heavy atom. The molecule has 3 rings (SSSR count). The molecule has 0 N–H and O–H groups in total. The van der Waals surface area contributed by atoms with Crippen molar-refractivity contribution in [1.82, 2.24) is 19.5 Å². The molecule has 108 valence electrons. The van der Waals surface area contributed by atoms with E-state index in [1.807, 2.05) is 22.6 Å². The Morgan fingerprint density at radius 2 is 2.10 bits per heavy atom. The van der Waals surface area contributed by atoms with Crippen molar-refractivity contribution in [2.24, 2.45) is 0 Å². The van der Waals surface area contributed by atoms with Crippen molar-refractivity contribution in [3.05, 3.63) is 24.0 Å². The van der Waals surface area contributed by atoms with E-state index < -0.39 is 0 Å². The molecule has 1 fully saturated rings. The SMILES string of the molecule is COc1cccc2nnc(C3CCCCN3C(C)C)n12. The van der Waals surface area contributed by atoms with E-state index in [2.05, 4.69) is 28.9 Å². The van der Waals surface area contributed by atoms with Crippen molar-refractivity contribution in [2.75, 3.05) is 13.7 Å². The summed E-state index contributed by atoms with van der Waals surface area (Å²) >= 11 is 0. The van der Waals surface area contributed by atoms with Crippen LogP contribution in [0.25, 0.3) is 5.65 Å². The van der Waals surface area contributed by atoms with Gasteiger partial charge in [-0.3, -0.25) is 4.90 Å². The topological polar surface area (TPSA) is 42.7 Å². The molecule has 0 aromatic carbocycles. The molecule has 2 aromatic heterocycles. The fourth-order valence-electron chi connectivity index (χ4n) is 3.16. The molecule has 5 nitrogen and oxygen atoms in total. The maximum atomic E-state index is 5.48. The van der Waals surface area contributed by atoms with E-state index in [0.717, 1.165) is 30.3 Å². The van der Waals surface area contributed by atoms with Crippen LogP contribution < -0.4 is 4.74 Å². The number of aromatic nitrogens is 3. The molecule has 5 heteroatoms. The van der Waals surface area contributed by atoms with Crippen LogP contribution in [0.4, 0.5) is 0 Å². The normalized spacial score (nSPS) is 20.7. The molecule has 3 heterocycles. The third-order valence-corrected chi connectivity index (χ3v) is 4.13. The number of methoxy groups -OCH3 is 1. The van der Waals surface area contributed by atoms with Gasteiger partial charge >= 0.3 is 0 Å². The first kappa shape index (κ1) is 13.4. The summed E-state index contributed by atoms with van der Waals surface area (Å²) in [5.41, 5.74) is 0.855. The molecular formula is C15H22N4O. The van der Waals surface area contributed by atoms with E-state index in [0.29, 0.717) is 12.1 Å². The number of likely N-dealkylation sites (tertiary alicyclic amines) is 1. The molecule has 1 aliphatic heterocycles. The Hall–Kier alpha value is -1.62. The van der Waals surface area contributed by atoms with Crippen molar-refractivity contribution in [2.45, 2.75) is 45.2 Å². The van der Waals surface area contributed by atoms with Crippen molar-refractivity contribution >= 4 is 5.65 Å². The first-order valence-corrected chi connectivity index (χ1v) is 7.36. The summed E-state index contributed by atoms with van der Waals surface area (Å²) in [6.45, 7) is 5.63. The van der Waals surface area contributed by atoms with Gasteiger partial charge in [0.2, 0.25) is 5.88 Å². The van der Waals surface area contributed by atoms with Crippen molar-refractivity contribution < 1.29 is 4.74 Å². The van der Waals surface area contributed by atoms with E-state index in [-0.39, 0.29) is 0 Å². The largest absolute Gasteiger partial charge is 0.482 e. The van der Waals surface area contributed by atoms with Crippen LogP contribution in [-0.2, 0) is 0 Å². The Balaban J connectivity index is 2.08. The first-order valence-electron chi connectivity index (χ1n) is 7.36. The van der Waals surface area contributed by atoms with E-state index >= 15 is 0 Å². The quantitative estimate of drug-likeness (QED) is 0.863. The van der Waals surface area contributed by atoms with Gasteiger partial charge in [0.1, 0.15) is 0 Å². The molecule has 1 atom stereocenters. The van der Waals surface area contributed by atoms with Gasteiger partial charge in [0.15, 0.2) is 11.5 Å². The molecule has 1 saturated heterocycles. The van der Waals surface area contributed by atoms with Crippen molar-refractivity contribution in [3.63, 3.8) is 0 Å². The lowest BCUT2D eigenvalue weighted by Crippen LogP contribution is -2.39. The minimum Gasteiger partial charge on any atom is -0.482 e. The van der Waals surface area contributed by atoms with Gasteiger partial charge in [-0.25, -0.2) is 4.40 Å². The van der Waals surface area contributed by atoms with E-state index in [4.69, 9.17) is 4.74 Å². The Kier molecular flexibility index (Phi) is 3.61. The van der Waals surface area contributed by atoms with Crippen molar-refractivity contribution in [1.29, 1.82) is 0 Å². The lowest BCUT2D eigenvalue weighted by atomic mass is 10.00. The summed E-state index contributed by atoms with van der Waals surface area (Å²) in [5.74, 6) is 1.81. The highest BCUT2D eigenvalue weighted by Crippen LogP contribution is 2.32. The highest BCUT2D eigenvalue weighted by molar-refractivity contribution is 5.42. The van der Waals surface area contributed by atoms with Gasteiger partial charge in [0.05, 0.1) is 13.2 Å². The van der Waals surface area contributed by atoms with E-state index in [1.165, 1.54) is 12.8 Å². The molecule has 0 saturated carbocycles. The highest BCUT2D eigenvalue weighted by Gasteiger charge is 2.30. The smallest absolute Gasteiger partial charge is 0.200 e. The Labute approximate surface area is 119 Å². The fraction of sp³-hybridized carbons (Fsp3) is 0.600. The van der Waals surface area contributed by atoms with Gasteiger partial charge in [-0.1, -0.05) is 12.5 Å². The third-order valence-electron chi connectivity index (χ3n) is 4.13. The predicted octanol–water partition coefficient (Wildman–Crippen LogP) is 2.67. The average molecular weight is 274 g/mol. The summed E-state index contributed by atoms with van der Waals surface area (Å²) in [7, 11) is 1.69. The minimum atomic E-state index is 0.329. The zero-order chi connectivity index (χ0) is 14.1. The van der Waals surface area contributed by atoms with Gasteiger partial charge in [0.25, 0.3) is 0 Å². The molecule has 1 aliphatic rings. The number of pyridine rings is 1. The standard InChI is InChI=1S/C15H22N4O/c1-11(2)18-10-5-4-7-12(18)15-17-16-13-8-6-9-14(20-3)19(13)15/h6,8-9,11-12H,4-5,7,10H2,1-3H3. The Morgan fingerprint density at radius 1 is 1.25 bits per heavy atom. The maximum absolute atomic E-state index is 5.48. The van der Waals surface area contributed by atoms with Gasteiger partial charge in [-0.05, 0) is 45.4 Å². The molecule has 0 bridgehead atoms. The van der Waals surface area contributed by atoms with E-state index in [9.17, 15) is 0 Å². The van der Waals surface area contributed by atoms with E-state index in [1.54, 1.807) is 7.11 Å². The van der Waals surface area contributed by atoms with Gasteiger partial charge in [0, 0.05) is 6.04 Å². The minimum absolute atomic E-state index is 0.329. The third kappa shape index (κ3) is 2.16. The summed E-state index contributed by atoms with van der Waals surface area (Å²) in [6.07, 6.45) is 3.65. The summed E-state index contributed by atoms with van der Waals surface area (Å²) in [5, 5.41) is 8.75. The fourth-order valence-corrected chi connectivity index (χ4v) is 3.16. The van der Waals surface area contributed by atoms with Gasteiger partial charge in [-0.15, -0.1) is 10.2 Å². The lowest BCUT2D eigenvalue weighted by molar-refractivity contribution is 0.105. The number of piperidine rings is 1. The average Bonchev–Trinajstić information content (AvgIpc) is 2.91. The zero-order valence-electron chi connectivity index (χ0n) is 12.4. The van der Waals surface area contributed by atoms with Crippen LogP contribution in [0, 0.1) is 0 Å².